The van der Waals surface area contributed by atoms with Gasteiger partial charge in [-0.05, 0) is 36.4 Å². The van der Waals surface area contributed by atoms with Gasteiger partial charge in [0, 0.05) is 37.9 Å². The minimum Gasteiger partial charge on any atom is -0.493 e. The number of methoxy groups -OCH3 is 2. The first-order valence-corrected chi connectivity index (χ1v) is 11.6. The molecule has 0 bridgehead atoms. The summed E-state index contributed by atoms with van der Waals surface area (Å²) < 4.78 is 38.1. The third-order valence-corrected chi connectivity index (χ3v) is 7.15. The van der Waals surface area contributed by atoms with Crippen LogP contribution in [0.5, 0.6) is 11.5 Å². The maximum absolute atomic E-state index is 13.1. The largest absolute Gasteiger partial charge is 0.493 e. The Bertz CT molecular complexity index is 1150. The number of rotatable bonds is 7. The molecule has 0 aliphatic carbocycles. The Morgan fingerprint density at radius 2 is 1.56 bits per heavy atom. The fourth-order valence-corrected chi connectivity index (χ4v) is 4.95. The van der Waals surface area contributed by atoms with Crippen molar-refractivity contribution in [2.75, 3.05) is 50.6 Å². The summed E-state index contributed by atoms with van der Waals surface area (Å²) in [7, 11) is -0.648. The van der Waals surface area contributed by atoms with Gasteiger partial charge >= 0.3 is 0 Å². The van der Waals surface area contributed by atoms with Gasteiger partial charge in [-0.15, -0.1) is 10.2 Å². The molecule has 9 nitrogen and oxygen atoms in total. The molecule has 10 heteroatoms. The molecule has 0 unspecified atom stereocenters. The van der Waals surface area contributed by atoms with Crippen LogP contribution in [0.2, 0.25) is 0 Å². The number of para-hydroxylation sites is 1. The molecule has 0 amide bonds. The van der Waals surface area contributed by atoms with Crippen LogP contribution >= 0.6 is 0 Å². The van der Waals surface area contributed by atoms with E-state index in [4.69, 9.17) is 9.47 Å². The average molecular weight is 456 g/mol. The van der Waals surface area contributed by atoms with Crippen LogP contribution in [0.1, 0.15) is 0 Å². The Kier molecular flexibility index (Phi) is 6.42. The van der Waals surface area contributed by atoms with Crippen LogP contribution in [0.4, 0.5) is 17.3 Å². The Morgan fingerprint density at radius 3 is 2.19 bits per heavy atom. The van der Waals surface area contributed by atoms with Crippen molar-refractivity contribution >= 4 is 27.3 Å². The fourth-order valence-electron chi connectivity index (χ4n) is 3.51. The van der Waals surface area contributed by atoms with E-state index in [9.17, 15) is 8.42 Å². The van der Waals surface area contributed by atoms with E-state index >= 15 is 0 Å². The molecule has 0 atom stereocenters. The van der Waals surface area contributed by atoms with E-state index in [2.05, 4.69) is 15.5 Å². The van der Waals surface area contributed by atoms with E-state index in [1.165, 1.54) is 30.7 Å². The summed E-state index contributed by atoms with van der Waals surface area (Å²) >= 11 is 0. The highest BCUT2D eigenvalue weighted by atomic mass is 32.2. The highest BCUT2D eigenvalue weighted by molar-refractivity contribution is 7.89. The topological polar surface area (TPSA) is 96.9 Å². The monoisotopic (exact) mass is 455 g/mol. The van der Waals surface area contributed by atoms with Gasteiger partial charge in [0.05, 0.1) is 19.1 Å². The SMILES string of the molecule is COc1ccc(S(=O)(=O)N2CCN(c3ccc(Nc4ccccc4)nn3)CC2)cc1OC. The number of aromatic nitrogens is 2. The predicted octanol–water partition coefficient (Wildman–Crippen LogP) is 2.75. The molecule has 3 aromatic rings. The van der Waals surface area contributed by atoms with Gasteiger partial charge in [-0.3, -0.25) is 0 Å². The van der Waals surface area contributed by atoms with Crippen LogP contribution in [0.15, 0.2) is 65.6 Å². The predicted molar refractivity (Wildman–Crippen MR) is 122 cm³/mol. The first-order valence-electron chi connectivity index (χ1n) is 10.1. The van der Waals surface area contributed by atoms with Crippen LogP contribution in [0.3, 0.4) is 0 Å². The van der Waals surface area contributed by atoms with E-state index < -0.39 is 10.0 Å². The molecular weight excluding hydrogens is 430 g/mol. The first kappa shape index (κ1) is 21.8. The van der Waals surface area contributed by atoms with Gasteiger partial charge in [0.1, 0.15) is 0 Å². The van der Waals surface area contributed by atoms with Gasteiger partial charge in [-0.1, -0.05) is 18.2 Å². The lowest BCUT2D eigenvalue weighted by Gasteiger charge is -2.34. The summed E-state index contributed by atoms with van der Waals surface area (Å²) in [4.78, 5) is 2.21. The molecule has 2 aromatic carbocycles. The molecular formula is C22H25N5O4S. The van der Waals surface area contributed by atoms with Gasteiger partial charge in [-0.25, -0.2) is 8.42 Å². The lowest BCUT2D eigenvalue weighted by molar-refractivity contribution is 0.353. The van der Waals surface area contributed by atoms with Crippen LogP contribution in [0.25, 0.3) is 0 Å². The number of ether oxygens (including phenoxy) is 2. The van der Waals surface area contributed by atoms with E-state index in [0.29, 0.717) is 49.3 Å². The van der Waals surface area contributed by atoms with Gasteiger partial charge in [0.25, 0.3) is 0 Å². The highest BCUT2D eigenvalue weighted by Gasteiger charge is 2.29. The Hall–Kier alpha value is -3.37. The lowest BCUT2D eigenvalue weighted by atomic mass is 10.3. The Labute approximate surface area is 187 Å². The molecule has 1 aromatic heterocycles. The van der Waals surface area contributed by atoms with Crippen LogP contribution in [0, 0.1) is 0 Å². The number of hydrogen-bond donors (Lipinski definition) is 1. The highest BCUT2D eigenvalue weighted by Crippen LogP contribution is 2.31. The van der Waals surface area contributed by atoms with Crippen molar-refractivity contribution in [1.29, 1.82) is 0 Å². The van der Waals surface area contributed by atoms with Crippen molar-refractivity contribution in [3.05, 3.63) is 60.7 Å². The zero-order chi connectivity index (χ0) is 22.6. The van der Waals surface area contributed by atoms with E-state index in [1.807, 2.05) is 47.4 Å². The maximum Gasteiger partial charge on any atom is 0.243 e. The number of nitrogens with zero attached hydrogens (tertiary/aromatic N) is 4. The maximum atomic E-state index is 13.1. The minimum absolute atomic E-state index is 0.180. The summed E-state index contributed by atoms with van der Waals surface area (Å²) in [6, 6.07) is 18.1. The zero-order valence-electron chi connectivity index (χ0n) is 17.9. The van der Waals surface area contributed by atoms with E-state index in [-0.39, 0.29) is 4.90 Å². The number of anilines is 3. The second kappa shape index (κ2) is 9.41. The molecule has 0 saturated carbocycles. The quantitative estimate of drug-likeness (QED) is 0.581. The molecule has 1 N–H and O–H groups in total. The van der Waals surface area contributed by atoms with Crippen LogP contribution < -0.4 is 19.7 Å². The number of sulfonamides is 1. The summed E-state index contributed by atoms with van der Waals surface area (Å²) in [6.07, 6.45) is 0. The average Bonchev–Trinajstić information content (AvgIpc) is 2.84. The zero-order valence-corrected chi connectivity index (χ0v) is 18.7. The van der Waals surface area contributed by atoms with E-state index in [1.54, 1.807) is 6.07 Å². The molecule has 0 spiro atoms. The smallest absolute Gasteiger partial charge is 0.243 e. The summed E-state index contributed by atoms with van der Waals surface area (Å²) in [5.41, 5.74) is 0.934. The second-order valence-corrected chi connectivity index (χ2v) is 9.11. The minimum atomic E-state index is -3.64. The molecule has 1 saturated heterocycles. The van der Waals surface area contributed by atoms with Crippen LogP contribution in [-0.4, -0.2) is 63.3 Å². The third-order valence-electron chi connectivity index (χ3n) is 5.25. The standard InChI is InChI=1S/C22H25N5O4S/c1-30-19-9-8-18(16-20(19)31-2)32(28,29)27-14-12-26(13-15-27)22-11-10-21(24-25-22)23-17-6-4-3-5-7-17/h3-11,16H,12-15H2,1-2H3,(H,23,24). The first-order chi connectivity index (χ1) is 15.5. The number of piperazine rings is 1. The molecule has 168 valence electrons. The fraction of sp³-hybridized carbons (Fsp3) is 0.273. The lowest BCUT2D eigenvalue weighted by Crippen LogP contribution is -2.49. The Morgan fingerprint density at radius 1 is 0.844 bits per heavy atom. The van der Waals surface area contributed by atoms with Crippen LogP contribution in [-0.2, 0) is 10.0 Å². The summed E-state index contributed by atoms with van der Waals surface area (Å²) in [5.74, 6) is 2.23. The number of hydrogen-bond acceptors (Lipinski definition) is 8. The number of nitrogens with one attached hydrogen (secondary N) is 1. The van der Waals surface area contributed by atoms with Crippen molar-refractivity contribution < 1.29 is 17.9 Å². The molecule has 1 aliphatic rings. The van der Waals surface area contributed by atoms with Gasteiger partial charge in [-0.2, -0.15) is 4.31 Å². The third kappa shape index (κ3) is 4.61. The van der Waals surface area contributed by atoms with Crippen molar-refractivity contribution in [2.24, 2.45) is 0 Å². The normalized spacial score (nSPS) is 14.8. The van der Waals surface area contributed by atoms with Crippen molar-refractivity contribution in [2.45, 2.75) is 4.90 Å². The molecule has 1 fully saturated rings. The summed E-state index contributed by atoms with van der Waals surface area (Å²) in [5, 5.41) is 11.7. The molecule has 2 heterocycles. The van der Waals surface area contributed by atoms with Crippen molar-refractivity contribution in [3.63, 3.8) is 0 Å². The molecule has 1 aliphatic heterocycles. The second-order valence-electron chi connectivity index (χ2n) is 7.18. The molecule has 4 rings (SSSR count). The summed E-state index contributed by atoms with van der Waals surface area (Å²) in [6.45, 7) is 1.74. The van der Waals surface area contributed by atoms with Gasteiger partial charge in [0.15, 0.2) is 23.1 Å². The van der Waals surface area contributed by atoms with Crippen molar-refractivity contribution in [3.8, 4) is 11.5 Å². The number of benzene rings is 2. The Balaban J connectivity index is 1.40. The molecule has 32 heavy (non-hydrogen) atoms. The van der Waals surface area contributed by atoms with E-state index in [0.717, 1.165) is 5.69 Å². The van der Waals surface area contributed by atoms with Gasteiger partial charge < -0.3 is 19.7 Å². The molecule has 0 radical (unpaired) electrons. The van der Waals surface area contributed by atoms with Gasteiger partial charge in [0.2, 0.25) is 10.0 Å². The van der Waals surface area contributed by atoms with Crippen molar-refractivity contribution in [1.82, 2.24) is 14.5 Å².